The molecule has 108 valence electrons. The first-order chi connectivity index (χ1) is 9.33. The number of hydrogen-bond donors (Lipinski definition) is 1. The summed E-state index contributed by atoms with van der Waals surface area (Å²) in [6.45, 7) is 2.22. The minimum Gasteiger partial charge on any atom is -0.316 e. The average molecular weight is 281 g/mol. The molecule has 0 spiro atoms. The van der Waals surface area contributed by atoms with Crippen molar-refractivity contribution >= 4 is 11.8 Å². The highest BCUT2D eigenvalue weighted by Gasteiger charge is 2.16. The number of thioether (sulfide) groups is 1. The van der Waals surface area contributed by atoms with Gasteiger partial charge in [0.05, 0.1) is 11.7 Å². The highest BCUT2D eigenvalue weighted by Crippen LogP contribution is 2.27. The summed E-state index contributed by atoms with van der Waals surface area (Å²) in [5.41, 5.74) is 1.24. The first-order valence-corrected chi connectivity index (χ1v) is 8.78. The van der Waals surface area contributed by atoms with Gasteiger partial charge in [-0.05, 0) is 31.7 Å². The monoisotopic (exact) mass is 281 g/mol. The summed E-state index contributed by atoms with van der Waals surface area (Å²) in [7, 11) is 2.05. The average Bonchev–Trinajstić information content (AvgIpc) is 2.93. The first-order valence-electron chi connectivity index (χ1n) is 7.62. The van der Waals surface area contributed by atoms with Crippen LogP contribution in [0.15, 0.2) is 12.3 Å². The molecule has 0 radical (unpaired) electrons. The van der Waals surface area contributed by atoms with Gasteiger partial charge < -0.3 is 5.32 Å². The van der Waals surface area contributed by atoms with E-state index in [4.69, 9.17) is 5.10 Å². The SMILES string of the molecule is CCSCC(Cc1ccn(C2CCCCC2)n1)NC. The summed E-state index contributed by atoms with van der Waals surface area (Å²) >= 11 is 2.00. The number of nitrogens with one attached hydrogen (secondary N) is 1. The predicted molar refractivity (Wildman–Crippen MR) is 83.9 cm³/mol. The van der Waals surface area contributed by atoms with E-state index in [9.17, 15) is 0 Å². The van der Waals surface area contributed by atoms with Crippen LogP contribution < -0.4 is 5.32 Å². The zero-order valence-electron chi connectivity index (χ0n) is 12.3. The minimum absolute atomic E-state index is 0.541. The lowest BCUT2D eigenvalue weighted by Crippen LogP contribution is -2.30. The standard InChI is InChI=1S/C15H27N3S/c1-3-19-12-14(16-2)11-13-9-10-18(17-13)15-7-5-4-6-8-15/h9-10,14-16H,3-8,11-12H2,1-2H3. The molecule has 4 heteroatoms. The second-order valence-corrected chi connectivity index (χ2v) is 6.75. The molecular formula is C15H27N3S. The van der Waals surface area contributed by atoms with Gasteiger partial charge in [-0.2, -0.15) is 16.9 Å². The lowest BCUT2D eigenvalue weighted by Gasteiger charge is -2.22. The van der Waals surface area contributed by atoms with E-state index in [0.29, 0.717) is 12.1 Å². The molecule has 1 heterocycles. The highest BCUT2D eigenvalue weighted by atomic mass is 32.2. The van der Waals surface area contributed by atoms with Crippen molar-refractivity contribution in [2.75, 3.05) is 18.6 Å². The normalized spacial score (nSPS) is 18.6. The van der Waals surface area contributed by atoms with E-state index in [-0.39, 0.29) is 0 Å². The summed E-state index contributed by atoms with van der Waals surface area (Å²) < 4.78 is 2.22. The largest absolute Gasteiger partial charge is 0.316 e. The van der Waals surface area contributed by atoms with Crippen LogP contribution in [0, 0.1) is 0 Å². The number of aromatic nitrogens is 2. The van der Waals surface area contributed by atoms with Crippen molar-refractivity contribution in [3.05, 3.63) is 18.0 Å². The molecule has 1 atom stereocenters. The van der Waals surface area contributed by atoms with E-state index in [1.54, 1.807) is 0 Å². The van der Waals surface area contributed by atoms with Crippen molar-refractivity contribution in [1.29, 1.82) is 0 Å². The van der Waals surface area contributed by atoms with Crippen molar-refractivity contribution in [2.24, 2.45) is 0 Å². The van der Waals surface area contributed by atoms with E-state index in [1.807, 2.05) is 11.8 Å². The summed E-state index contributed by atoms with van der Waals surface area (Å²) in [4.78, 5) is 0. The summed E-state index contributed by atoms with van der Waals surface area (Å²) in [6, 6.07) is 3.40. The van der Waals surface area contributed by atoms with Gasteiger partial charge in [-0.25, -0.2) is 0 Å². The summed E-state index contributed by atoms with van der Waals surface area (Å²) in [5, 5.41) is 8.20. The van der Waals surface area contributed by atoms with Gasteiger partial charge in [-0.1, -0.05) is 26.2 Å². The Morgan fingerprint density at radius 2 is 2.21 bits per heavy atom. The molecule has 1 aromatic heterocycles. The van der Waals surface area contributed by atoms with Crippen molar-refractivity contribution < 1.29 is 0 Å². The molecule has 0 aliphatic heterocycles. The van der Waals surface area contributed by atoms with Gasteiger partial charge in [0.15, 0.2) is 0 Å². The predicted octanol–water partition coefficient (Wildman–Crippen LogP) is 3.27. The van der Waals surface area contributed by atoms with E-state index >= 15 is 0 Å². The van der Waals surface area contributed by atoms with Gasteiger partial charge in [0.25, 0.3) is 0 Å². The van der Waals surface area contributed by atoms with Crippen molar-refractivity contribution in [3.63, 3.8) is 0 Å². The van der Waals surface area contributed by atoms with E-state index < -0.39 is 0 Å². The lowest BCUT2D eigenvalue weighted by atomic mass is 9.96. The fraction of sp³-hybridized carbons (Fsp3) is 0.800. The molecular weight excluding hydrogens is 254 g/mol. The smallest absolute Gasteiger partial charge is 0.0640 e. The molecule has 1 aromatic rings. The van der Waals surface area contributed by atoms with Crippen LogP contribution in [0.1, 0.15) is 50.8 Å². The number of hydrogen-bond acceptors (Lipinski definition) is 3. The van der Waals surface area contributed by atoms with Crippen LogP contribution in [0.4, 0.5) is 0 Å². The van der Waals surface area contributed by atoms with Gasteiger partial charge in [-0.3, -0.25) is 4.68 Å². The van der Waals surface area contributed by atoms with Crippen molar-refractivity contribution in [1.82, 2.24) is 15.1 Å². The first kappa shape index (κ1) is 14.9. The van der Waals surface area contributed by atoms with Crippen LogP contribution in [-0.2, 0) is 6.42 Å². The highest BCUT2D eigenvalue weighted by molar-refractivity contribution is 7.99. The van der Waals surface area contributed by atoms with Crippen LogP contribution in [-0.4, -0.2) is 34.4 Å². The van der Waals surface area contributed by atoms with Gasteiger partial charge in [0.2, 0.25) is 0 Å². The molecule has 3 nitrogen and oxygen atoms in total. The minimum atomic E-state index is 0.541. The Labute approximate surface area is 121 Å². The van der Waals surface area contributed by atoms with Crippen LogP contribution in [0.3, 0.4) is 0 Å². The zero-order chi connectivity index (χ0) is 13.5. The maximum atomic E-state index is 4.80. The Bertz CT molecular complexity index is 358. The zero-order valence-corrected chi connectivity index (χ0v) is 13.1. The third-order valence-corrected chi connectivity index (χ3v) is 5.05. The molecule has 1 N–H and O–H groups in total. The van der Waals surface area contributed by atoms with Gasteiger partial charge in [0.1, 0.15) is 0 Å². The summed E-state index contributed by atoms with van der Waals surface area (Å²) in [5.74, 6) is 2.36. The molecule has 1 aliphatic rings. The Balaban J connectivity index is 1.88. The molecule has 0 bridgehead atoms. The van der Waals surface area contributed by atoms with Crippen molar-refractivity contribution in [2.45, 2.75) is 57.5 Å². The molecule has 0 amide bonds. The van der Waals surface area contributed by atoms with Crippen molar-refractivity contribution in [3.8, 4) is 0 Å². The topological polar surface area (TPSA) is 29.9 Å². The Morgan fingerprint density at radius 1 is 1.42 bits per heavy atom. The molecule has 0 saturated heterocycles. The van der Waals surface area contributed by atoms with E-state index in [0.717, 1.165) is 6.42 Å². The Morgan fingerprint density at radius 3 is 2.89 bits per heavy atom. The molecule has 1 unspecified atom stereocenters. The number of likely N-dealkylation sites (N-methyl/N-ethyl adjacent to an activating group) is 1. The quantitative estimate of drug-likeness (QED) is 0.832. The number of nitrogens with zero attached hydrogens (tertiary/aromatic N) is 2. The van der Waals surface area contributed by atoms with Gasteiger partial charge in [0, 0.05) is 24.4 Å². The summed E-state index contributed by atoms with van der Waals surface area (Å²) in [6.07, 6.45) is 9.98. The van der Waals surface area contributed by atoms with Gasteiger partial charge in [-0.15, -0.1) is 0 Å². The third kappa shape index (κ3) is 4.53. The Kier molecular flexibility index (Phi) is 6.24. The molecule has 1 aliphatic carbocycles. The van der Waals surface area contributed by atoms with Crippen LogP contribution in [0.5, 0.6) is 0 Å². The molecule has 2 rings (SSSR count). The van der Waals surface area contributed by atoms with Crippen LogP contribution in [0.25, 0.3) is 0 Å². The fourth-order valence-corrected chi connectivity index (χ4v) is 3.60. The van der Waals surface area contributed by atoms with E-state index in [1.165, 1.54) is 49.3 Å². The second-order valence-electron chi connectivity index (χ2n) is 5.43. The van der Waals surface area contributed by atoms with Crippen LogP contribution in [0.2, 0.25) is 0 Å². The number of rotatable bonds is 7. The fourth-order valence-electron chi connectivity index (χ4n) is 2.79. The lowest BCUT2D eigenvalue weighted by molar-refractivity contribution is 0.327. The molecule has 19 heavy (non-hydrogen) atoms. The van der Waals surface area contributed by atoms with Crippen LogP contribution >= 0.6 is 11.8 Å². The second kappa shape index (κ2) is 7.95. The molecule has 1 saturated carbocycles. The van der Waals surface area contributed by atoms with E-state index in [2.05, 4.69) is 36.2 Å². The molecule has 0 aromatic carbocycles. The molecule has 1 fully saturated rings. The Hall–Kier alpha value is -0.480. The maximum Gasteiger partial charge on any atom is 0.0640 e. The maximum absolute atomic E-state index is 4.80. The van der Waals surface area contributed by atoms with Gasteiger partial charge >= 0.3 is 0 Å². The third-order valence-electron chi connectivity index (χ3n) is 4.00.